The molecule has 1 aliphatic carbocycles. The number of hydrogen-bond acceptors (Lipinski definition) is 6. The molecule has 2 aromatic rings. The zero-order valence-corrected chi connectivity index (χ0v) is 25.9. The topological polar surface area (TPSA) is 109 Å². The fraction of sp³-hybridized carbons (Fsp3) is 0.536. The monoisotopic (exact) mass is 705 g/mol. The number of carbonyl (C=O) groups is 1. The van der Waals surface area contributed by atoms with Gasteiger partial charge in [0.05, 0.1) is 22.4 Å². The normalized spacial score (nSPS) is 25.0. The van der Waals surface area contributed by atoms with E-state index in [1.165, 1.54) is 12.1 Å². The van der Waals surface area contributed by atoms with Gasteiger partial charge in [0.1, 0.15) is 10.3 Å². The Labute approximate surface area is 259 Å². The summed E-state index contributed by atoms with van der Waals surface area (Å²) in [4.78, 5) is 14.5. The van der Waals surface area contributed by atoms with Crippen LogP contribution in [0.3, 0.4) is 0 Å². The molecule has 2 aromatic carbocycles. The highest BCUT2D eigenvalue weighted by molar-refractivity contribution is 7.92. The molecular weight excluding hydrogens is 679 g/mol. The summed E-state index contributed by atoms with van der Waals surface area (Å²) in [6, 6.07) is 3.87. The van der Waals surface area contributed by atoms with Gasteiger partial charge in [-0.2, -0.15) is 26.3 Å². The summed E-state index contributed by atoms with van der Waals surface area (Å²) in [5, 5.41) is 11.2. The van der Waals surface area contributed by atoms with Crippen molar-refractivity contribution in [1.82, 2.24) is 4.90 Å². The minimum absolute atomic E-state index is 0.0524. The van der Waals surface area contributed by atoms with E-state index in [1.807, 2.05) is 0 Å². The lowest BCUT2D eigenvalue weighted by atomic mass is 9.76. The van der Waals surface area contributed by atoms with Gasteiger partial charge in [-0.3, -0.25) is 4.79 Å². The van der Waals surface area contributed by atoms with Crippen molar-refractivity contribution in [3.63, 3.8) is 0 Å². The molecule has 0 radical (unpaired) electrons. The van der Waals surface area contributed by atoms with Crippen LogP contribution >= 0.6 is 11.6 Å². The first-order valence-corrected chi connectivity index (χ1v) is 17.4. The number of amides is 1. The standard InChI is InChI=1S/C28H27ClF7NO6S2/c1-16-2-5-19(15-21(16)29)45(42,43)25-8-11-37(23(38)24(39)9-12-44(40,41)13-10-24)22(25)7-3-17-14-18(4-6-20(17)25)26(30,27(31,32)33)28(34,35)36/h2,4-6,14-15,22,39H,3,7-13H2,1H3. The van der Waals surface area contributed by atoms with E-state index in [0.29, 0.717) is 11.6 Å². The number of aryl methyl sites for hydroxylation is 2. The second kappa shape index (κ2) is 10.5. The Morgan fingerprint density at radius 1 is 0.978 bits per heavy atom. The van der Waals surface area contributed by atoms with Crippen LogP contribution in [-0.4, -0.2) is 74.8 Å². The van der Waals surface area contributed by atoms with Gasteiger partial charge in [-0.1, -0.05) is 35.9 Å². The van der Waals surface area contributed by atoms with Crippen LogP contribution in [0.1, 0.15) is 47.9 Å². The largest absolute Gasteiger partial charge is 0.435 e. The van der Waals surface area contributed by atoms with Crippen molar-refractivity contribution in [2.75, 3.05) is 18.1 Å². The molecule has 45 heavy (non-hydrogen) atoms. The molecule has 3 aliphatic rings. The number of sulfone groups is 2. The molecule has 2 aliphatic heterocycles. The maximum absolute atomic E-state index is 15.0. The lowest BCUT2D eigenvalue weighted by Crippen LogP contribution is -2.58. The van der Waals surface area contributed by atoms with Crippen LogP contribution in [0.2, 0.25) is 5.02 Å². The van der Waals surface area contributed by atoms with Crippen LogP contribution in [-0.2, 0) is 41.3 Å². The minimum atomic E-state index is -6.39. The summed E-state index contributed by atoms with van der Waals surface area (Å²) in [7, 11) is -8.17. The van der Waals surface area contributed by atoms with Gasteiger partial charge in [-0.05, 0) is 67.9 Å². The van der Waals surface area contributed by atoms with E-state index in [9.17, 15) is 53.1 Å². The Balaban J connectivity index is 1.69. The first-order valence-electron chi connectivity index (χ1n) is 13.7. The zero-order chi connectivity index (χ0) is 33.6. The summed E-state index contributed by atoms with van der Waals surface area (Å²) in [6.07, 6.45) is -14.7. The number of halogens is 8. The Hall–Kier alpha value is -2.43. The van der Waals surface area contributed by atoms with Crippen LogP contribution in [0.5, 0.6) is 0 Å². The molecule has 2 heterocycles. The second-order valence-corrected chi connectivity index (χ2v) is 16.7. The second-order valence-electron chi connectivity index (χ2n) is 11.8. The number of aliphatic hydroxyl groups is 1. The molecule has 2 unspecified atom stereocenters. The molecule has 0 bridgehead atoms. The van der Waals surface area contributed by atoms with Crippen molar-refractivity contribution in [2.24, 2.45) is 0 Å². The SMILES string of the molecule is Cc1ccc(S(=O)(=O)C23CCN(C(=O)C4(O)CCS(=O)(=O)CC4)C2CCc2cc(C(F)(C(F)(F)F)C(F)(F)F)ccc23)cc1Cl. The molecule has 1 amide bonds. The van der Waals surface area contributed by atoms with Gasteiger partial charge in [0.15, 0.2) is 19.7 Å². The molecule has 0 spiro atoms. The summed E-state index contributed by atoms with van der Waals surface area (Å²) in [6.45, 7) is 1.31. The molecule has 17 heteroatoms. The third-order valence-corrected chi connectivity index (χ3v) is 13.9. The molecule has 0 saturated carbocycles. The summed E-state index contributed by atoms with van der Waals surface area (Å²) in [5.74, 6) is -1.92. The molecule has 7 nitrogen and oxygen atoms in total. The van der Waals surface area contributed by atoms with Gasteiger partial charge >= 0.3 is 18.0 Å². The quantitative estimate of drug-likeness (QED) is 0.444. The Morgan fingerprint density at radius 3 is 2.13 bits per heavy atom. The van der Waals surface area contributed by atoms with Crippen molar-refractivity contribution < 1.29 is 57.5 Å². The Kier molecular flexibility index (Phi) is 7.94. The van der Waals surface area contributed by atoms with Crippen molar-refractivity contribution in [3.05, 3.63) is 63.7 Å². The van der Waals surface area contributed by atoms with Crippen molar-refractivity contribution in [1.29, 1.82) is 0 Å². The number of rotatable bonds is 4. The van der Waals surface area contributed by atoms with Gasteiger partial charge < -0.3 is 10.0 Å². The lowest BCUT2D eigenvalue weighted by Gasteiger charge is -2.44. The minimum Gasteiger partial charge on any atom is -0.380 e. The predicted molar refractivity (Wildman–Crippen MR) is 148 cm³/mol. The van der Waals surface area contributed by atoms with E-state index < -0.39 is 89.9 Å². The first kappa shape index (κ1) is 33.9. The van der Waals surface area contributed by atoms with Gasteiger partial charge in [0, 0.05) is 17.1 Å². The number of likely N-dealkylation sites (tertiary alicyclic amines) is 1. The molecular formula is C28H27ClF7NO6S2. The first-order chi connectivity index (χ1) is 20.5. The van der Waals surface area contributed by atoms with E-state index >= 15 is 4.39 Å². The van der Waals surface area contributed by atoms with Crippen molar-refractivity contribution in [3.8, 4) is 0 Å². The average molecular weight is 706 g/mol. The van der Waals surface area contributed by atoms with E-state index in [0.717, 1.165) is 17.0 Å². The molecule has 2 fully saturated rings. The fourth-order valence-electron chi connectivity index (χ4n) is 6.78. The van der Waals surface area contributed by atoms with E-state index in [2.05, 4.69) is 0 Å². The van der Waals surface area contributed by atoms with Crippen LogP contribution in [0, 0.1) is 6.92 Å². The van der Waals surface area contributed by atoms with Crippen LogP contribution in [0.25, 0.3) is 0 Å². The van der Waals surface area contributed by atoms with Gasteiger partial charge in [-0.25, -0.2) is 21.2 Å². The zero-order valence-electron chi connectivity index (χ0n) is 23.5. The number of nitrogens with zero attached hydrogens (tertiary/aromatic N) is 1. The molecule has 5 rings (SSSR count). The van der Waals surface area contributed by atoms with Gasteiger partial charge in [0.25, 0.3) is 5.91 Å². The number of alkyl halides is 7. The van der Waals surface area contributed by atoms with Gasteiger partial charge in [0.2, 0.25) is 0 Å². The lowest BCUT2D eigenvalue weighted by molar-refractivity contribution is -0.348. The number of hydrogen-bond donors (Lipinski definition) is 1. The highest BCUT2D eigenvalue weighted by atomic mass is 35.5. The number of carbonyl (C=O) groups excluding carboxylic acids is 1. The molecule has 2 saturated heterocycles. The molecule has 248 valence electrons. The van der Waals surface area contributed by atoms with Gasteiger partial charge in [-0.15, -0.1) is 0 Å². The van der Waals surface area contributed by atoms with E-state index in [4.69, 9.17) is 11.6 Å². The number of fused-ring (bicyclic) bond motifs is 3. The van der Waals surface area contributed by atoms with Crippen molar-refractivity contribution in [2.45, 2.75) is 78.3 Å². The van der Waals surface area contributed by atoms with E-state index in [-0.39, 0.29) is 52.9 Å². The fourth-order valence-corrected chi connectivity index (χ4v) is 10.9. The smallest absolute Gasteiger partial charge is 0.380 e. The Morgan fingerprint density at radius 2 is 1.58 bits per heavy atom. The van der Waals surface area contributed by atoms with Crippen LogP contribution in [0.15, 0.2) is 41.3 Å². The molecule has 2 atom stereocenters. The third-order valence-electron chi connectivity index (χ3n) is 9.31. The van der Waals surface area contributed by atoms with Crippen molar-refractivity contribution >= 4 is 37.2 Å². The molecule has 1 N–H and O–H groups in total. The average Bonchev–Trinajstić information content (AvgIpc) is 3.35. The van der Waals surface area contributed by atoms with E-state index in [1.54, 1.807) is 6.92 Å². The summed E-state index contributed by atoms with van der Waals surface area (Å²) < 4.78 is 147. The predicted octanol–water partition coefficient (Wildman–Crippen LogP) is 5.09. The number of benzene rings is 2. The highest BCUT2D eigenvalue weighted by Gasteiger charge is 2.74. The molecule has 0 aromatic heterocycles. The maximum Gasteiger partial charge on any atom is 0.435 e. The summed E-state index contributed by atoms with van der Waals surface area (Å²) in [5.41, 5.74) is -9.64. The Bertz CT molecular complexity index is 1750. The maximum atomic E-state index is 15.0. The van der Waals surface area contributed by atoms with Crippen LogP contribution in [0.4, 0.5) is 30.7 Å². The highest BCUT2D eigenvalue weighted by Crippen LogP contribution is 2.57. The third kappa shape index (κ3) is 5.05. The van der Waals surface area contributed by atoms with Crippen LogP contribution < -0.4 is 0 Å². The summed E-state index contributed by atoms with van der Waals surface area (Å²) >= 11 is 6.21.